The van der Waals surface area contributed by atoms with Crippen LogP contribution in [0.5, 0.6) is 11.5 Å². The molecular formula is C16H11N2O8. The summed E-state index contributed by atoms with van der Waals surface area (Å²) in [5.74, 6) is -0.706. The predicted octanol–water partition coefficient (Wildman–Crippen LogP) is 2.21. The summed E-state index contributed by atoms with van der Waals surface area (Å²) in [5, 5.41) is 22.0. The lowest BCUT2D eigenvalue weighted by atomic mass is 9.96. The summed E-state index contributed by atoms with van der Waals surface area (Å²) in [4.78, 5) is 44.1. The Kier molecular flexibility index (Phi) is 5.26. The van der Waals surface area contributed by atoms with E-state index in [1.165, 1.54) is 26.4 Å². The largest absolute Gasteiger partial charge is 0.493 e. The number of carbonyl (C=O) groups is 1. The Labute approximate surface area is 146 Å². The highest BCUT2D eigenvalue weighted by atomic mass is 16.6. The summed E-state index contributed by atoms with van der Waals surface area (Å²) in [7, 11) is 2.58. The van der Waals surface area contributed by atoms with Crippen LogP contribution in [-0.2, 0) is 4.79 Å². The minimum Gasteiger partial charge on any atom is -0.493 e. The predicted molar refractivity (Wildman–Crippen MR) is 87.5 cm³/mol. The van der Waals surface area contributed by atoms with Gasteiger partial charge in [-0.15, -0.1) is 0 Å². The molecule has 26 heavy (non-hydrogen) atoms. The molecule has 0 heterocycles. The maximum Gasteiger partial charge on any atom is 0.346 e. The van der Waals surface area contributed by atoms with Crippen molar-refractivity contribution in [2.45, 2.75) is 0 Å². The van der Waals surface area contributed by atoms with E-state index >= 15 is 0 Å². The lowest BCUT2D eigenvalue weighted by Crippen LogP contribution is -2.10. The van der Waals surface area contributed by atoms with Crippen molar-refractivity contribution in [1.29, 1.82) is 0 Å². The molecule has 0 amide bonds. The maximum absolute atomic E-state index is 12.8. The zero-order valence-electron chi connectivity index (χ0n) is 13.5. The molecule has 133 valence electrons. The summed E-state index contributed by atoms with van der Waals surface area (Å²) >= 11 is 0. The van der Waals surface area contributed by atoms with E-state index in [1.807, 2.05) is 0 Å². The average Bonchev–Trinajstić information content (AvgIpc) is 2.65. The number of ether oxygens (including phenoxy) is 2. The van der Waals surface area contributed by atoms with Crippen LogP contribution in [0.2, 0.25) is 0 Å². The Morgan fingerprint density at radius 1 is 1.00 bits per heavy atom. The van der Waals surface area contributed by atoms with Crippen molar-refractivity contribution in [3.63, 3.8) is 0 Å². The first kappa shape index (κ1) is 18.5. The van der Waals surface area contributed by atoms with Gasteiger partial charge in [-0.1, -0.05) is 0 Å². The van der Waals surface area contributed by atoms with Crippen molar-refractivity contribution in [3.8, 4) is 11.5 Å². The van der Waals surface area contributed by atoms with Crippen LogP contribution >= 0.6 is 0 Å². The molecule has 0 saturated carbocycles. The summed E-state index contributed by atoms with van der Waals surface area (Å²) in [6.07, 6.45) is 1.59. The third kappa shape index (κ3) is 3.20. The second-order valence-electron chi connectivity index (χ2n) is 4.87. The van der Waals surface area contributed by atoms with Crippen molar-refractivity contribution in [3.05, 3.63) is 67.3 Å². The fourth-order valence-corrected chi connectivity index (χ4v) is 2.35. The lowest BCUT2D eigenvalue weighted by Gasteiger charge is -2.13. The van der Waals surface area contributed by atoms with E-state index in [0.29, 0.717) is 0 Å². The number of nitro benzene ring substituents is 2. The normalized spacial score (nSPS) is 10.1. The highest BCUT2D eigenvalue weighted by Gasteiger charge is 2.28. The number of hydrogen-bond acceptors (Lipinski definition) is 8. The Hall–Kier alpha value is -3.82. The molecule has 10 heteroatoms. The molecule has 0 aliphatic carbocycles. The van der Waals surface area contributed by atoms with Crippen molar-refractivity contribution in [1.82, 2.24) is 0 Å². The molecule has 0 aliphatic heterocycles. The quantitative estimate of drug-likeness (QED) is 0.416. The van der Waals surface area contributed by atoms with Crippen LogP contribution in [0.25, 0.3) is 0 Å². The van der Waals surface area contributed by atoms with E-state index in [9.17, 15) is 29.8 Å². The summed E-state index contributed by atoms with van der Waals surface area (Å²) in [5.41, 5.74) is -2.20. The molecule has 0 spiro atoms. The highest BCUT2D eigenvalue weighted by Crippen LogP contribution is 2.36. The second-order valence-corrected chi connectivity index (χ2v) is 4.87. The fourth-order valence-electron chi connectivity index (χ4n) is 2.35. The van der Waals surface area contributed by atoms with Gasteiger partial charge in [-0.3, -0.25) is 29.8 Å². The number of methoxy groups -OCH3 is 2. The minimum absolute atomic E-state index is 0.0562. The monoisotopic (exact) mass is 359 g/mol. The molecule has 0 fully saturated rings. The van der Waals surface area contributed by atoms with Crippen LogP contribution in [0.4, 0.5) is 11.4 Å². The van der Waals surface area contributed by atoms with Crippen molar-refractivity contribution in [2.24, 2.45) is 0 Å². The molecule has 0 aliphatic rings. The van der Waals surface area contributed by atoms with E-state index in [-0.39, 0.29) is 28.2 Å². The molecule has 2 aromatic rings. The molecule has 0 bridgehead atoms. The van der Waals surface area contributed by atoms with Gasteiger partial charge in [-0.2, -0.15) is 0 Å². The Morgan fingerprint density at radius 3 is 2.15 bits per heavy atom. The van der Waals surface area contributed by atoms with Gasteiger partial charge in [0.15, 0.2) is 17.3 Å². The number of carbonyl (C=O) groups excluding carboxylic acids is 2. The number of nitro groups is 2. The SMILES string of the molecule is COc1ccc([C]=O)c(C(=O)c2ccc([N+](=O)[O-])c([N+](=O)[O-])c2)c1OC. The van der Waals surface area contributed by atoms with E-state index in [1.54, 1.807) is 6.29 Å². The summed E-state index contributed by atoms with van der Waals surface area (Å²) in [6.45, 7) is 0. The van der Waals surface area contributed by atoms with Crippen LogP contribution in [-0.4, -0.2) is 36.1 Å². The van der Waals surface area contributed by atoms with Crippen LogP contribution in [0.1, 0.15) is 21.5 Å². The Balaban J connectivity index is 2.70. The third-order valence-electron chi connectivity index (χ3n) is 3.51. The first-order valence-electron chi connectivity index (χ1n) is 6.96. The van der Waals surface area contributed by atoms with Crippen molar-refractivity contribution in [2.75, 3.05) is 14.2 Å². The standard InChI is InChI=1S/C16H11N2O8/c1-25-13-6-4-10(8-19)14(16(13)26-2)15(20)9-3-5-11(17(21)22)12(7-9)18(23)24/h3-7H,1-2H3. The lowest BCUT2D eigenvalue weighted by molar-refractivity contribution is -0.422. The molecule has 1 radical (unpaired) electrons. The highest BCUT2D eigenvalue weighted by molar-refractivity contribution is 6.15. The van der Waals surface area contributed by atoms with Gasteiger partial charge in [0.05, 0.1) is 29.6 Å². The molecule has 0 atom stereocenters. The van der Waals surface area contributed by atoms with Crippen LogP contribution < -0.4 is 9.47 Å². The molecule has 0 unspecified atom stereocenters. The first-order valence-corrected chi connectivity index (χ1v) is 6.96. The van der Waals surface area contributed by atoms with Gasteiger partial charge in [0.25, 0.3) is 0 Å². The van der Waals surface area contributed by atoms with Gasteiger partial charge in [-0.25, -0.2) is 0 Å². The van der Waals surface area contributed by atoms with E-state index in [4.69, 9.17) is 9.47 Å². The van der Waals surface area contributed by atoms with Gasteiger partial charge in [0, 0.05) is 23.3 Å². The molecule has 2 rings (SSSR count). The average molecular weight is 359 g/mol. The molecule has 10 nitrogen and oxygen atoms in total. The third-order valence-corrected chi connectivity index (χ3v) is 3.51. The van der Waals surface area contributed by atoms with Crippen LogP contribution in [0.3, 0.4) is 0 Å². The topological polar surface area (TPSA) is 139 Å². The second kappa shape index (κ2) is 7.38. The van der Waals surface area contributed by atoms with Crippen molar-refractivity contribution < 1.29 is 28.9 Å². The smallest absolute Gasteiger partial charge is 0.346 e. The zero-order chi connectivity index (χ0) is 19.4. The van der Waals surface area contributed by atoms with E-state index in [2.05, 4.69) is 0 Å². The molecular weight excluding hydrogens is 348 g/mol. The molecule has 0 N–H and O–H groups in total. The number of hydrogen-bond donors (Lipinski definition) is 0. The number of rotatable bonds is 7. The van der Waals surface area contributed by atoms with Gasteiger partial charge in [0.1, 0.15) is 0 Å². The number of nitrogens with zero attached hydrogens (tertiary/aromatic N) is 2. The van der Waals surface area contributed by atoms with Gasteiger partial charge in [-0.05, 0) is 18.2 Å². The van der Waals surface area contributed by atoms with Crippen molar-refractivity contribution >= 4 is 23.4 Å². The van der Waals surface area contributed by atoms with Crippen LogP contribution in [0, 0.1) is 20.2 Å². The Morgan fingerprint density at radius 2 is 1.65 bits per heavy atom. The van der Waals surface area contributed by atoms with Gasteiger partial charge < -0.3 is 9.47 Å². The first-order chi connectivity index (χ1) is 12.3. The van der Waals surface area contributed by atoms with Crippen LogP contribution in [0.15, 0.2) is 30.3 Å². The number of ketones is 1. The summed E-state index contributed by atoms with van der Waals surface area (Å²) in [6, 6.07) is 5.35. The van der Waals surface area contributed by atoms with Gasteiger partial charge in [0.2, 0.25) is 6.29 Å². The Bertz CT molecular complexity index is 923. The van der Waals surface area contributed by atoms with Gasteiger partial charge >= 0.3 is 11.4 Å². The fraction of sp³-hybridized carbons (Fsp3) is 0.125. The maximum atomic E-state index is 12.8. The molecule has 0 saturated heterocycles. The minimum atomic E-state index is -0.968. The zero-order valence-corrected chi connectivity index (χ0v) is 13.5. The summed E-state index contributed by atoms with van der Waals surface area (Å²) < 4.78 is 10.2. The number of benzene rings is 2. The molecule has 0 aromatic heterocycles. The van der Waals surface area contributed by atoms with E-state index < -0.39 is 27.0 Å². The van der Waals surface area contributed by atoms with E-state index in [0.717, 1.165) is 18.2 Å². The molecule has 2 aromatic carbocycles.